The lowest BCUT2D eigenvalue weighted by atomic mass is 9.96. The van der Waals surface area contributed by atoms with Crippen molar-refractivity contribution in [2.24, 2.45) is 0 Å². The van der Waals surface area contributed by atoms with Crippen molar-refractivity contribution in [1.29, 1.82) is 0 Å². The van der Waals surface area contributed by atoms with Crippen molar-refractivity contribution < 1.29 is 33.7 Å². The summed E-state index contributed by atoms with van der Waals surface area (Å²) in [5, 5.41) is 9.41. The molecule has 0 radical (unpaired) electrons. The van der Waals surface area contributed by atoms with E-state index in [0.29, 0.717) is 55.3 Å². The molecule has 3 aromatic carbocycles. The van der Waals surface area contributed by atoms with Gasteiger partial charge in [0.1, 0.15) is 29.7 Å². The lowest BCUT2D eigenvalue weighted by Gasteiger charge is -2.29. The van der Waals surface area contributed by atoms with E-state index in [0.717, 1.165) is 39.3 Å². The number of hydrogen-bond donors (Lipinski definition) is 1. The van der Waals surface area contributed by atoms with Crippen LogP contribution in [0.3, 0.4) is 0 Å². The van der Waals surface area contributed by atoms with Gasteiger partial charge in [-0.1, -0.05) is 42.5 Å². The van der Waals surface area contributed by atoms with Crippen molar-refractivity contribution in [2.75, 3.05) is 37.2 Å². The Kier molecular flexibility index (Phi) is 10.5. The van der Waals surface area contributed by atoms with E-state index in [1.54, 1.807) is 25.2 Å². The van der Waals surface area contributed by atoms with Crippen LogP contribution in [0, 0.1) is 6.92 Å². The van der Waals surface area contributed by atoms with E-state index in [4.69, 9.17) is 24.2 Å². The highest BCUT2D eigenvalue weighted by atomic mass is 16.5. The average molecular weight is 692 g/mol. The van der Waals surface area contributed by atoms with E-state index in [9.17, 15) is 19.5 Å². The Morgan fingerprint density at radius 3 is 2.16 bits per heavy atom. The number of amides is 2. The van der Waals surface area contributed by atoms with Crippen LogP contribution in [0.4, 0.5) is 11.6 Å². The number of carbonyl (C=O) groups excluding carboxylic acids is 2. The van der Waals surface area contributed by atoms with Gasteiger partial charge >= 0.3 is 12.0 Å². The van der Waals surface area contributed by atoms with Crippen molar-refractivity contribution in [3.8, 4) is 17.5 Å². The second-order valence-corrected chi connectivity index (χ2v) is 12.6. The number of fused-ring (bicyclic) bond motifs is 6. The number of carboxylic acids is 1. The quantitative estimate of drug-likeness (QED) is 0.225. The summed E-state index contributed by atoms with van der Waals surface area (Å²) in [7, 11) is 3.26. The van der Waals surface area contributed by atoms with Gasteiger partial charge in [-0.25, -0.2) is 0 Å². The molecule has 2 aliphatic rings. The van der Waals surface area contributed by atoms with Gasteiger partial charge in [-0.3, -0.25) is 19.3 Å². The summed E-state index contributed by atoms with van der Waals surface area (Å²) in [6.45, 7) is 4.61. The minimum absolute atomic E-state index is 0.124. The van der Waals surface area contributed by atoms with Crippen LogP contribution in [0.25, 0.3) is 0 Å². The van der Waals surface area contributed by atoms with E-state index in [1.807, 2.05) is 73.7 Å². The Bertz CT molecular complexity index is 1910. The zero-order valence-corrected chi connectivity index (χ0v) is 29.2. The molecule has 0 unspecified atom stereocenters. The standard InChI is InChI=1S/C39H41N5O7/c1-25-36(42(20-27-9-13-31(49-3)14-10-27)21-28-11-15-32(50-4)16-12-28)40-39-41-37(25)44(26(2)45)22-29-18-30(8-6-5-7-17-51-39)34-23-43(24-35(46)47)38(48)33(34)19-29/h5-6,9-16,18-19H,7-8,17,20-24H2,1-4H3,(H,46,47). The predicted octanol–water partition coefficient (Wildman–Crippen LogP) is 5.48. The second kappa shape index (κ2) is 15.3. The fourth-order valence-corrected chi connectivity index (χ4v) is 6.45. The van der Waals surface area contributed by atoms with Gasteiger partial charge in [-0.2, -0.15) is 9.97 Å². The molecule has 1 aromatic heterocycles. The van der Waals surface area contributed by atoms with Gasteiger partial charge in [0, 0.05) is 37.7 Å². The largest absolute Gasteiger partial charge is 0.497 e. The number of aromatic nitrogens is 2. The number of hydrogen-bond acceptors (Lipinski definition) is 9. The van der Waals surface area contributed by atoms with Crippen molar-refractivity contribution in [3.05, 3.63) is 112 Å². The van der Waals surface area contributed by atoms with Crippen molar-refractivity contribution in [1.82, 2.24) is 14.9 Å². The van der Waals surface area contributed by atoms with E-state index >= 15 is 0 Å². The molecular formula is C39H41N5O7. The first-order chi connectivity index (χ1) is 24.6. The first-order valence-corrected chi connectivity index (χ1v) is 16.7. The topological polar surface area (TPSA) is 135 Å². The van der Waals surface area contributed by atoms with Crippen LogP contribution in [-0.2, 0) is 42.2 Å². The number of nitrogens with zero attached hydrogens (tertiary/aromatic N) is 5. The molecule has 0 saturated heterocycles. The monoisotopic (exact) mass is 691 g/mol. The minimum atomic E-state index is -1.07. The van der Waals surface area contributed by atoms with E-state index in [1.165, 1.54) is 11.8 Å². The first-order valence-electron chi connectivity index (χ1n) is 16.7. The van der Waals surface area contributed by atoms with Crippen molar-refractivity contribution in [3.63, 3.8) is 0 Å². The maximum Gasteiger partial charge on any atom is 0.323 e. The molecule has 0 spiro atoms. The summed E-state index contributed by atoms with van der Waals surface area (Å²) in [5.74, 6) is 0.842. The number of benzene rings is 3. The Morgan fingerprint density at radius 2 is 1.57 bits per heavy atom. The van der Waals surface area contributed by atoms with Gasteiger partial charge in [0.15, 0.2) is 0 Å². The third-order valence-corrected chi connectivity index (χ3v) is 9.03. The molecule has 12 heteroatoms. The molecule has 51 heavy (non-hydrogen) atoms. The lowest BCUT2D eigenvalue weighted by Crippen LogP contribution is -2.32. The zero-order chi connectivity index (χ0) is 36.1. The third kappa shape index (κ3) is 7.95. The Morgan fingerprint density at radius 1 is 0.922 bits per heavy atom. The van der Waals surface area contributed by atoms with Gasteiger partial charge in [0.25, 0.3) is 5.91 Å². The number of carbonyl (C=O) groups is 3. The summed E-state index contributed by atoms with van der Waals surface area (Å²) in [5.41, 5.74) is 5.63. The number of allylic oxidation sites excluding steroid dienone is 1. The molecule has 1 N–H and O–H groups in total. The van der Waals surface area contributed by atoms with Gasteiger partial charge < -0.3 is 29.1 Å². The molecule has 4 aromatic rings. The van der Waals surface area contributed by atoms with Gasteiger partial charge in [-0.15, -0.1) is 0 Å². The zero-order valence-electron chi connectivity index (χ0n) is 29.2. The summed E-state index contributed by atoms with van der Waals surface area (Å²) >= 11 is 0. The summed E-state index contributed by atoms with van der Waals surface area (Å²) in [6.07, 6.45) is 5.14. The molecule has 264 valence electrons. The SMILES string of the molecule is COc1ccc(CN(Cc2ccc(OC)cc2)c2nc3nc(c2C)N(C(C)=O)Cc2cc(c4c(c2)C(=O)N(CC(=O)O)C4)CC=CCCO3)cc1. The molecule has 0 fully saturated rings. The summed E-state index contributed by atoms with van der Waals surface area (Å²) in [4.78, 5) is 53.1. The Labute approximate surface area is 296 Å². The molecule has 0 saturated carbocycles. The first kappa shape index (κ1) is 34.9. The fourth-order valence-electron chi connectivity index (χ4n) is 6.45. The molecule has 2 aliphatic heterocycles. The Hall–Kier alpha value is -5.91. The highest BCUT2D eigenvalue weighted by Gasteiger charge is 2.32. The molecule has 0 atom stereocenters. The van der Waals surface area contributed by atoms with Crippen LogP contribution < -0.4 is 24.0 Å². The van der Waals surface area contributed by atoms with Gasteiger partial charge in [0.2, 0.25) is 5.91 Å². The Balaban J connectivity index is 1.44. The van der Waals surface area contributed by atoms with Crippen LogP contribution in [0.2, 0.25) is 0 Å². The average Bonchev–Trinajstić information content (AvgIpc) is 3.43. The summed E-state index contributed by atoms with van der Waals surface area (Å²) < 4.78 is 16.9. The highest BCUT2D eigenvalue weighted by molar-refractivity contribution is 6.00. The lowest BCUT2D eigenvalue weighted by molar-refractivity contribution is -0.137. The number of carboxylic acid groups (broad SMARTS) is 1. The molecule has 0 aliphatic carbocycles. The van der Waals surface area contributed by atoms with Crippen molar-refractivity contribution in [2.45, 2.75) is 52.9 Å². The minimum Gasteiger partial charge on any atom is -0.497 e. The van der Waals surface area contributed by atoms with Crippen LogP contribution >= 0.6 is 0 Å². The van der Waals surface area contributed by atoms with Crippen LogP contribution in [-0.4, -0.2) is 65.1 Å². The fraction of sp³-hybridized carbons (Fsp3) is 0.308. The van der Waals surface area contributed by atoms with E-state index in [-0.39, 0.29) is 37.5 Å². The second-order valence-electron chi connectivity index (χ2n) is 12.6. The third-order valence-electron chi connectivity index (χ3n) is 9.03. The van der Waals surface area contributed by atoms with Crippen molar-refractivity contribution >= 4 is 29.4 Å². The smallest absolute Gasteiger partial charge is 0.323 e. The molecule has 6 rings (SSSR count). The molecular weight excluding hydrogens is 650 g/mol. The molecule has 3 heterocycles. The molecule has 4 bridgehead atoms. The van der Waals surface area contributed by atoms with Crippen LogP contribution in [0.5, 0.6) is 17.5 Å². The van der Waals surface area contributed by atoms with E-state index in [2.05, 4.69) is 4.90 Å². The normalized spacial score (nSPS) is 14.0. The maximum absolute atomic E-state index is 13.5. The predicted molar refractivity (Wildman–Crippen MR) is 191 cm³/mol. The number of anilines is 2. The van der Waals surface area contributed by atoms with Gasteiger partial charge in [0.05, 0.1) is 27.4 Å². The maximum atomic E-state index is 13.5. The summed E-state index contributed by atoms with van der Waals surface area (Å²) in [6, 6.07) is 19.6. The van der Waals surface area contributed by atoms with Crippen LogP contribution in [0.15, 0.2) is 72.8 Å². The molecule has 2 amide bonds. The number of ether oxygens (including phenoxy) is 3. The van der Waals surface area contributed by atoms with Gasteiger partial charge in [-0.05, 0) is 77.9 Å². The number of aliphatic carboxylic acids is 1. The van der Waals surface area contributed by atoms with E-state index < -0.39 is 5.97 Å². The number of methoxy groups -OCH3 is 2. The highest BCUT2D eigenvalue weighted by Crippen LogP contribution is 2.34. The van der Waals surface area contributed by atoms with Crippen LogP contribution in [0.1, 0.15) is 57.1 Å². The number of rotatable bonds is 9. The molecule has 12 nitrogen and oxygen atoms in total.